The van der Waals surface area contributed by atoms with Crippen LogP contribution in [0.25, 0.3) is 0 Å². The van der Waals surface area contributed by atoms with Gasteiger partial charge in [0, 0.05) is 22.4 Å². The van der Waals surface area contributed by atoms with E-state index in [4.69, 9.17) is 9.11 Å². The van der Waals surface area contributed by atoms with Crippen molar-refractivity contribution in [3.63, 3.8) is 0 Å². The van der Waals surface area contributed by atoms with E-state index in [1.165, 1.54) is 0 Å². The van der Waals surface area contributed by atoms with Crippen LogP contribution in [0.1, 0.15) is 0 Å². The van der Waals surface area contributed by atoms with Crippen LogP contribution in [0.4, 0.5) is 0 Å². The van der Waals surface area contributed by atoms with Gasteiger partial charge >= 0.3 is 29.6 Å². The predicted octanol–water partition coefficient (Wildman–Crippen LogP) is -1.93. The Morgan fingerprint density at radius 1 is 0.909 bits per heavy atom. The molecule has 0 saturated carbocycles. The van der Waals surface area contributed by atoms with Crippen LogP contribution in [0, 0.1) is 0 Å². The number of hydrogen-bond acceptors (Lipinski definition) is 4. The summed E-state index contributed by atoms with van der Waals surface area (Å²) in [4.78, 5) is 0. The summed E-state index contributed by atoms with van der Waals surface area (Å²) >= 11 is 0. The first-order valence-corrected chi connectivity index (χ1v) is 4.83. The maximum atomic E-state index is 9.66. The van der Waals surface area contributed by atoms with Crippen LogP contribution < -0.4 is 0 Å². The van der Waals surface area contributed by atoms with Crippen molar-refractivity contribution >= 4 is 49.8 Å². The molecule has 69 valence electrons. The molecule has 0 spiro atoms. The second-order valence-electron chi connectivity index (χ2n) is 1.28. The molecular formula is CH5AgNaO6S2. The van der Waals surface area contributed by atoms with Crippen LogP contribution in [0.2, 0.25) is 0 Å². The molecule has 0 saturated heterocycles. The zero-order valence-electron chi connectivity index (χ0n) is 4.35. The molecule has 6 nitrogen and oxygen atoms in total. The third kappa shape index (κ3) is 18.5. The monoisotopic (exact) mass is 307 g/mol. The van der Waals surface area contributed by atoms with Gasteiger partial charge in [0.1, 0.15) is 0 Å². The molecule has 0 unspecified atom stereocenters. The second kappa shape index (κ2) is 6.08. The Bertz CT molecular complexity index is 246. The van der Waals surface area contributed by atoms with Gasteiger partial charge in [-0.1, -0.05) is 0 Å². The van der Waals surface area contributed by atoms with E-state index in [9.17, 15) is 16.8 Å². The van der Waals surface area contributed by atoms with Crippen LogP contribution in [-0.4, -0.2) is 60.6 Å². The van der Waals surface area contributed by atoms with Gasteiger partial charge < -0.3 is 0 Å². The maximum absolute atomic E-state index is 9.66. The van der Waals surface area contributed by atoms with Gasteiger partial charge in [0.15, 0.2) is 0 Å². The topological polar surface area (TPSA) is 109 Å². The van der Waals surface area contributed by atoms with E-state index >= 15 is 0 Å². The molecule has 0 aliphatic carbocycles. The first kappa shape index (κ1) is 18.4. The van der Waals surface area contributed by atoms with Crippen molar-refractivity contribution < 1.29 is 48.3 Å². The zero-order chi connectivity index (χ0) is 7.71. The van der Waals surface area contributed by atoms with Crippen LogP contribution in [0.5, 0.6) is 0 Å². The van der Waals surface area contributed by atoms with Crippen molar-refractivity contribution in [2.75, 3.05) is 5.08 Å². The Balaban J connectivity index is -0.000000320. The average Bonchev–Trinajstić information content (AvgIpc) is 1.14. The van der Waals surface area contributed by atoms with Gasteiger partial charge in [-0.25, -0.2) is 0 Å². The quantitative estimate of drug-likeness (QED) is 0.454. The van der Waals surface area contributed by atoms with Gasteiger partial charge in [0.2, 0.25) is 5.08 Å². The van der Waals surface area contributed by atoms with E-state index in [0.717, 1.165) is 0 Å². The molecule has 0 fully saturated rings. The fourth-order valence-corrected chi connectivity index (χ4v) is 1.69. The molecule has 0 aliphatic rings. The van der Waals surface area contributed by atoms with Gasteiger partial charge in [-0.05, 0) is 0 Å². The summed E-state index contributed by atoms with van der Waals surface area (Å²) < 4.78 is 54.2. The molecule has 0 atom stereocenters. The molecule has 2 N–H and O–H groups in total. The van der Waals surface area contributed by atoms with Gasteiger partial charge in [-0.3, -0.25) is 9.11 Å². The van der Waals surface area contributed by atoms with Crippen molar-refractivity contribution in [2.24, 2.45) is 0 Å². The van der Waals surface area contributed by atoms with E-state index in [2.05, 4.69) is 0 Å². The summed E-state index contributed by atoms with van der Waals surface area (Å²) in [5.74, 6) is 0. The molecule has 0 bridgehead atoms. The molecule has 10 heteroatoms. The van der Waals surface area contributed by atoms with Crippen molar-refractivity contribution in [1.82, 2.24) is 0 Å². The zero-order valence-corrected chi connectivity index (χ0v) is 7.47. The summed E-state index contributed by atoms with van der Waals surface area (Å²) in [6.45, 7) is 0. The van der Waals surface area contributed by atoms with Crippen LogP contribution >= 0.6 is 0 Å². The van der Waals surface area contributed by atoms with Crippen molar-refractivity contribution in [1.29, 1.82) is 0 Å². The van der Waals surface area contributed by atoms with Crippen LogP contribution in [-0.2, 0) is 42.6 Å². The van der Waals surface area contributed by atoms with Crippen LogP contribution in [0.15, 0.2) is 0 Å². The number of rotatable bonds is 2. The van der Waals surface area contributed by atoms with Gasteiger partial charge in [-0.2, -0.15) is 16.8 Å². The van der Waals surface area contributed by atoms with Crippen LogP contribution in [0.3, 0.4) is 0 Å². The van der Waals surface area contributed by atoms with E-state index < -0.39 is 25.3 Å². The normalized spacial score (nSPS) is 11.1. The average molecular weight is 308 g/mol. The molecule has 0 aromatic carbocycles. The SMILES string of the molecule is O=S(=O)(O)CS(=O)(=O)O.[Ag].[NaH]. The minimum absolute atomic E-state index is 0. The number of hydrogen-bond donors (Lipinski definition) is 2. The molecule has 0 amide bonds. The summed E-state index contributed by atoms with van der Waals surface area (Å²) in [5, 5.41) is -1.65. The Morgan fingerprint density at radius 3 is 1.09 bits per heavy atom. The molecular weight excluding hydrogens is 303 g/mol. The predicted molar refractivity (Wildman–Crippen MR) is 35.1 cm³/mol. The third-order valence-corrected chi connectivity index (χ3v) is 2.68. The van der Waals surface area contributed by atoms with Gasteiger partial charge in [0.05, 0.1) is 0 Å². The van der Waals surface area contributed by atoms with Gasteiger partial charge in [-0.15, -0.1) is 0 Å². The molecule has 0 aromatic rings. The molecule has 11 heavy (non-hydrogen) atoms. The third-order valence-electron chi connectivity index (χ3n) is 0.298. The van der Waals surface area contributed by atoms with E-state index in [1.807, 2.05) is 0 Å². The first-order chi connectivity index (χ1) is 3.71. The molecule has 1 radical (unpaired) electrons. The van der Waals surface area contributed by atoms with E-state index in [0.29, 0.717) is 0 Å². The fourth-order valence-electron chi connectivity index (χ4n) is 0.188. The van der Waals surface area contributed by atoms with Crippen molar-refractivity contribution in [2.45, 2.75) is 0 Å². The standard InChI is InChI=1S/CH4O6S2.Ag.Na.H/c2-8(3,4)1-9(5,6)7;;;/h1H2,(H,2,3,4)(H,5,6,7);;;. The molecule has 0 aromatic heterocycles. The summed E-state index contributed by atoms with van der Waals surface area (Å²) in [7, 11) is -9.24. The van der Waals surface area contributed by atoms with Crippen molar-refractivity contribution in [3.8, 4) is 0 Å². The first-order valence-electron chi connectivity index (χ1n) is 1.61. The summed E-state index contributed by atoms with van der Waals surface area (Å²) in [6.07, 6.45) is 0. The fraction of sp³-hybridized carbons (Fsp3) is 1.00. The Kier molecular flexibility index (Phi) is 10.2. The molecule has 0 rings (SSSR count). The summed E-state index contributed by atoms with van der Waals surface area (Å²) in [6, 6.07) is 0. The molecule has 0 heterocycles. The van der Waals surface area contributed by atoms with Gasteiger partial charge in [0.25, 0.3) is 20.2 Å². The van der Waals surface area contributed by atoms with Crippen molar-refractivity contribution in [3.05, 3.63) is 0 Å². The Hall–Kier alpha value is 1.56. The Morgan fingerprint density at radius 2 is 1.09 bits per heavy atom. The summed E-state index contributed by atoms with van der Waals surface area (Å²) in [5.41, 5.74) is 0. The second-order valence-corrected chi connectivity index (χ2v) is 4.55. The van der Waals surface area contributed by atoms with E-state index in [1.54, 1.807) is 0 Å². The molecule has 0 aliphatic heterocycles. The minimum atomic E-state index is -4.62. The Labute approximate surface area is 102 Å². The van der Waals surface area contributed by atoms with E-state index in [-0.39, 0.29) is 51.9 Å².